The first kappa shape index (κ1) is 7.78. The molecule has 0 aliphatic rings. The summed E-state index contributed by atoms with van der Waals surface area (Å²) in [6.45, 7) is 1.64. The summed E-state index contributed by atoms with van der Waals surface area (Å²) in [5.41, 5.74) is -0.178. The number of methoxy groups -OCH3 is 1. The van der Waals surface area contributed by atoms with Crippen LogP contribution in [0.1, 0.15) is 5.69 Å². The van der Waals surface area contributed by atoms with E-state index in [4.69, 9.17) is 0 Å². The van der Waals surface area contributed by atoms with Gasteiger partial charge in [-0.25, -0.2) is 4.39 Å². The van der Waals surface area contributed by atoms with E-state index in [1.54, 1.807) is 6.92 Å². The Kier molecular flexibility index (Phi) is 1.94. The van der Waals surface area contributed by atoms with Gasteiger partial charge in [0.1, 0.15) is 0 Å². The molecule has 0 amide bonds. The first-order chi connectivity index (χ1) is 5.16. The second-order valence-electron chi connectivity index (χ2n) is 2.12. The van der Waals surface area contributed by atoms with Crippen molar-refractivity contribution in [2.75, 3.05) is 7.11 Å². The van der Waals surface area contributed by atoms with Crippen molar-refractivity contribution < 1.29 is 9.13 Å². The fraction of sp³-hybridized carbons (Fsp3) is 0.286. The van der Waals surface area contributed by atoms with Gasteiger partial charge >= 0.3 is 0 Å². The molecule has 0 aliphatic heterocycles. The molecule has 0 saturated heterocycles. The summed E-state index contributed by atoms with van der Waals surface area (Å²) in [5, 5.41) is 0. The first-order valence-corrected chi connectivity index (χ1v) is 3.08. The van der Waals surface area contributed by atoms with Crippen LogP contribution in [0.2, 0.25) is 0 Å². The number of aromatic amines is 1. The Balaban J connectivity index is 3.41. The van der Waals surface area contributed by atoms with E-state index in [2.05, 4.69) is 9.72 Å². The van der Waals surface area contributed by atoms with Gasteiger partial charge in [-0.2, -0.15) is 0 Å². The van der Waals surface area contributed by atoms with Gasteiger partial charge in [0, 0.05) is 6.20 Å². The third kappa shape index (κ3) is 1.24. The smallest absolute Gasteiger partial charge is 0.259 e. The van der Waals surface area contributed by atoms with Crippen molar-refractivity contribution in [2.24, 2.45) is 0 Å². The van der Waals surface area contributed by atoms with Gasteiger partial charge in [0.15, 0.2) is 11.6 Å². The van der Waals surface area contributed by atoms with Crippen LogP contribution in [-0.2, 0) is 0 Å². The van der Waals surface area contributed by atoms with E-state index in [0.717, 1.165) is 6.20 Å². The molecule has 3 nitrogen and oxygen atoms in total. The molecular formula is C7H8FNO2. The van der Waals surface area contributed by atoms with Crippen molar-refractivity contribution >= 4 is 0 Å². The molecule has 1 N–H and O–H groups in total. The van der Waals surface area contributed by atoms with Crippen molar-refractivity contribution in [1.29, 1.82) is 0 Å². The number of aromatic nitrogens is 1. The van der Waals surface area contributed by atoms with Crippen LogP contribution in [0.25, 0.3) is 0 Å². The quantitative estimate of drug-likeness (QED) is 0.656. The lowest BCUT2D eigenvalue weighted by molar-refractivity contribution is 0.399. The minimum absolute atomic E-state index is 0.0324. The second kappa shape index (κ2) is 2.74. The van der Waals surface area contributed by atoms with Crippen molar-refractivity contribution in [3.8, 4) is 5.75 Å². The SMILES string of the molecule is COc1c(C)[nH]cc(F)c1=O. The molecule has 1 aromatic rings. The summed E-state index contributed by atoms with van der Waals surface area (Å²) in [7, 11) is 1.33. The Morgan fingerprint density at radius 1 is 1.64 bits per heavy atom. The van der Waals surface area contributed by atoms with Gasteiger partial charge in [-0.15, -0.1) is 0 Å². The van der Waals surface area contributed by atoms with Crippen LogP contribution in [0.4, 0.5) is 4.39 Å². The van der Waals surface area contributed by atoms with Gasteiger partial charge in [0.05, 0.1) is 12.8 Å². The molecule has 0 spiro atoms. The molecule has 0 saturated carbocycles. The lowest BCUT2D eigenvalue weighted by Crippen LogP contribution is -2.11. The Morgan fingerprint density at radius 3 is 2.73 bits per heavy atom. The van der Waals surface area contributed by atoms with Gasteiger partial charge in [-0.3, -0.25) is 4.79 Å². The normalized spacial score (nSPS) is 9.73. The molecule has 0 atom stereocenters. The van der Waals surface area contributed by atoms with E-state index in [-0.39, 0.29) is 5.75 Å². The molecule has 60 valence electrons. The summed E-state index contributed by atoms with van der Waals surface area (Å²) >= 11 is 0. The molecular weight excluding hydrogens is 149 g/mol. The Hall–Kier alpha value is -1.32. The molecule has 1 rings (SSSR count). The lowest BCUT2D eigenvalue weighted by atomic mass is 10.3. The summed E-state index contributed by atoms with van der Waals surface area (Å²) in [6, 6.07) is 0. The van der Waals surface area contributed by atoms with E-state index in [9.17, 15) is 9.18 Å². The minimum Gasteiger partial charge on any atom is -0.491 e. The molecule has 0 bridgehead atoms. The van der Waals surface area contributed by atoms with Crippen LogP contribution in [0.15, 0.2) is 11.0 Å². The van der Waals surface area contributed by atoms with Gasteiger partial charge in [-0.1, -0.05) is 0 Å². The van der Waals surface area contributed by atoms with Crippen LogP contribution >= 0.6 is 0 Å². The third-order valence-corrected chi connectivity index (χ3v) is 1.38. The van der Waals surface area contributed by atoms with Crippen molar-refractivity contribution in [3.05, 3.63) is 27.9 Å². The van der Waals surface area contributed by atoms with E-state index >= 15 is 0 Å². The number of halogens is 1. The summed E-state index contributed by atoms with van der Waals surface area (Å²) in [5.74, 6) is -0.794. The van der Waals surface area contributed by atoms with Crippen molar-refractivity contribution in [2.45, 2.75) is 6.92 Å². The molecule has 1 aromatic heterocycles. The maximum atomic E-state index is 12.5. The van der Waals surface area contributed by atoms with E-state index < -0.39 is 11.2 Å². The van der Waals surface area contributed by atoms with Crippen LogP contribution in [-0.4, -0.2) is 12.1 Å². The summed E-state index contributed by atoms with van der Waals surface area (Å²) in [4.78, 5) is 13.5. The third-order valence-electron chi connectivity index (χ3n) is 1.38. The largest absolute Gasteiger partial charge is 0.491 e. The number of aryl methyl sites for hydroxylation is 1. The molecule has 0 aliphatic carbocycles. The molecule has 0 unspecified atom stereocenters. The molecule has 4 heteroatoms. The fourth-order valence-electron chi connectivity index (χ4n) is 0.827. The molecule has 0 fully saturated rings. The van der Waals surface area contributed by atoms with Crippen LogP contribution < -0.4 is 10.2 Å². The molecule has 11 heavy (non-hydrogen) atoms. The molecule has 0 radical (unpaired) electrons. The van der Waals surface area contributed by atoms with Crippen LogP contribution in [0.3, 0.4) is 0 Å². The number of H-pyrrole nitrogens is 1. The highest BCUT2D eigenvalue weighted by Gasteiger charge is 2.07. The highest BCUT2D eigenvalue weighted by molar-refractivity contribution is 5.26. The van der Waals surface area contributed by atoms with Gasteiger partial charge < -0.3 is 9.72 Å². The Bertz CT molecular complexity index is 319. The predicted octanol–water partition coefficient (Wildman–Crippen LogP) is 0.831. The average Bonchev–Trinajstić information content (AvgIpc) is 1.99. The standard InChI is InChI=1S/C7H8FNO2/c1-4-7(11-2)6(10)5(8)3-9-4/h3H,1-2H3,(H,9,10). The maximum Gasteiger partial charge on any atom is 0.259 e. The minimum atomic E-state index is -0.826. The molecule has 0 aromatic carbocycles. The van der Waals surface area contributed by atoms with Gasteiger partial charge in [0.2, 0.25) is 0 Å². The number of hydrogen-bond donors (Lipinski definition) is 1. The zero-order valence-electron chi connectivity index (χ0n) is 6.27. The predicted molar refractivity (Wildman–Crippen MR) is 38.3 cm³/mol. The lowest BCUT2D eigenvalue weighted by Gasteiger charge is -2.01. The van der Waals surface area contributed by atoms with Gasteiger partial charge in [0.25, 0.3) is 5.43 Å². The molecule has 1 heterocycles. The van der Waals surface area contributed by atoms with Gasteiger partial charge in [-0.05, 0) is 6.92 Å². The Morgan fingerprint density at radius 2 is 2.27 bits per heavy atom. The monoisotopic (exact) mass is 157 g/mol. The highest BCUT2D eigenvalue weighted by Crippen LogP contribution is 2.07. The zero-order valence-corrected chi connectivity index (χ0v) is 6.27. The zero-order chi connectivity index (χ0) is 8.43. The van der Waals surface area contributed by atoms with Crippen LogP contribution in [0, 0.1) is 12.7 Å². The average molecular weight is 157 g/mol. The van der Waals surface area contributed by atoms with E-state index in [0.29, 0.717) is 5.69 Å². The number of rotatable bonds is 1. The number of ether oxygens (including phenoxy) is 1. The number of hydrogen-bond acceptors (Lipinski definition) is 2. The number of nitrogens with one attached hydrogen (secondary N) is 1. The fourth-order valence-corrected chi connectivity index (χ4v) is 0.827. The van der Waals surface area contributed by atoms with E-state index in [1.165, 1.54) is 7.11 Å². The first-order valence-electron chi connectivity index (χ1n) is 3.08. The Labute approximate surface area is 62.8 Å². The van der Waals surface area contributed by atoms with Crippen molar-refractivity contribution in [3.63, 3.8) is 0 Å². The van der Waals surface area contributed by atoms with E-state index in [1.807, 2.05) is 0 Å². The summed E-state index contributed by atoms with van der Waals surface area (Å²) < 4.78 is 17.2. The number of pyridine rings is 1. The highest BCUT2D eigenvalue weighted by atomic mass is 19.1. The summed E-state index contributed by atoms with van der Waals surface area (Å²) in [6.07, 6.45) is 1.01. The second-order valence-corrected chi connectivity index (χ2v) is 2.12. The maximum absolute atomic E-state index is 12.5. The van der Waals surface area contributed by atoms with Crippen LogP contribution in [0.5, 0.6) is 5.75 Å². The van der Waals surface area contributed by atoms with Crippen molar-refractivity contribution in [1.82, 2.24) is 4.98 Å². The topological polar surface area (TPSA) is 42.1 Å².